The third kappa shape index (κ3) is 7.94. The Bertz CT molecular complexity index is 537. The van der Waals surface area contributed by atoms with Gasteiger partial charge in [-0.2, -0.15) is 0 Å². The maximum absolute atomic E-state index is 12.2. The highest BCUT2D eigenvalue weighted by atomic mass is 16.5. The molecule has 0 aromatic heterocycles. The molecule has 5 nitrogen and oxygen atoms in total. The molecule has 5 heteroatoms. The van der Waals surface area contributed by atoms with Crippen LogP contribution in [0.1, 0.15) is 78.6 Å². The van der Waals surface area contributed by atoms with Gasteiger partial charge in [-0.05, 0) is 56.3 Å². The van der Waals surface area contributed by atoms with E-state index in [-0.39, 0.29) is 31.8 Å². The lowest BCUT2D eigenvalue weighted by atomic mass is 9.81. The maximum Gasteiger partial charge on any atom is 0.330 e. The first-order valence-corrected chi connectivity index (χ1v) is 10.9. The predicted octanol–water partition coefficient (Wildman–Crippen LogP) is 4.42. The molecular weight excluding hydrogens is 356 g/mol. The summed E-state index contributed by atoms with van der Waals surface area (Å²) in [6.07, 6.45) is 10.7. The van der Waals surface area contributed by atoms with E-state index in [1.807, 2.05) is 0 Å². The number of aliphatic hydroxyl groups is 1. The smallest absolute Gasteiger partial charge is 0.330 e. The fourth-order valence-corrected chi connectivity index (χ4v) is 3.95. The third-order valence-electron chi connectivity index (χ3n) is 6.36. The predicted molar refractivity (Wildman–Crippen MR) is 109 cm³/mol. The summed E-state index contributed by atoms with van der Waals surface area (Å²) in [4.78, 5) is 24.3. The molecule has 160 valence electrons. The summed E-state index contributed by atoms with van der Waals surface area (Å²) in [6.45, 7) is 6.16. The summed E-state index contributed by atoms with van der Waals surface area (Å²) in [5.74, 6) is 1.30. The first-order chi connectivity index (χ1) is 13.3. The van der Waals surface area contributed by atoms with E-state index in [2.05, 4.69) is 13.8 Å². The number of hydrogen-bond donors (Lipinski definition) is 1. The van der Waals surface area contributed by atoms with Crippen LogP contribution >= 0.6 is 0 Å². The van der Waals surface area contributed by atoms with Gasteiger partial charge in [0.25, 0.3) is 0 Å². The van der Waals surface area contributed by atoms with Crippen LogP contribution in [-0.4, -0.2) is 36.9 Å². The van der Waals surface area contributed by atoms with Crippen LogP contribution in [0.2, 0.25) is 0 Å². The zero-order valence-corrected chi connectivity index (χ0v) is 17.9. The Morgan fingerprint density at radius 1 is 1.00 bits per heavy atom. The van der Waals surface area contributed by atoms with E-state index in [0.717, 1.165) is 55.9 Å². The van der Waals surface area contributed by atoms with Crippen molar-refractivity contribution in [2.24, 2.45) is 23.2 Å². The van der Waals surface area contributed by atoms with Gasteiger partial charge in [-0.3, -0.25) is 4.79 Å². The summed E-state index contributed by atoms with van der Waals surface area (Å²) in [6, 6.07) is 0. The van der Waals surface area contributed by atoms with Crippen molar-refractivity contribution in [1.29, 1.82) is 0 Å². The molecule has 0 aromatic carbocycles. The number of esters is 2. The Kier molecular flexibility index (Phi) is 9.00. The normalized spacial score (nSPS) is 27.6. The molecule has 0 saturated heterocycles. The van der Waals surface area contributed by atoms with Gasteiger partial charge >= 0.3 is 11.9 Å². The fraction of sp³-hybridized carbons (Fsp3) is 0.826. The minimum atomic E-state index is -0.772. The molecule has 1 N–H and O–H groups in total. The molecule has 2 saturated carbocycles. The average molecular weight is 395 g/mol. The van der Waals surface area contributed by atoms with Crippen molar-refractivity contribution in [2.45, 2.75) is 78.6 Å². The number of allylic oxidation sites excluding steroid dienone is 1. The van der Waals surface area contributed by atoms with Crippen LogP contribution in [0.25, 0.3) is 0 Å². The number of carbonyl (C=O) groups excluding carboxylic acids is 2. The number of carbonyl (C=O) groups is 2. The van der Waals surface area contributed by atoms with E-state index in [4.69, 9.17) is 9.47 Å². The van der Waals surface area contributed by atoms with Gasteiger partial charge in [0.15, 0.2) is 0 Å². The molecule has 0 radical (unpaired) electrons. The van der Waals surface area contributed by atoms with Gasteiger partial charge in [0.05, 0.1) is 12.0 Å². The van der Waals surface area contributed by atoms with Crippen LogP contribution in [0, 0.1) is 23.2 Å². The monoisotopic (exact) mass is 394 g/mol. The van der Waals surface area contributed by atoms with Crippen LogP contribution in [0.15, 0.2) is 11.6 Å². The number of rotatable bonds is 8. The Labute approximate surface area is 169 Å². The van der Waals surface area contributed by atoms with Gasteiger partial charge in [0.1, 0.15) is 13.2 Å². The molecule has 28 heavy (non-hydrogen) atoms. The van der Waals surface area contributed by atoms with Crippen LogP contribution in [0.3, 0.4) is 0 Å². The topological polar surface area (TPSA) is 72.8 Å². The van der Waals surface area contributed by atoms with Gasteiger partial charge < -0.3 is 14.6 Å². The first kappa shape index (κ1) is 22.9. The van der Waals surface area contributed by atoms with Crippen LogP contribution in [0.5, 0.6) is 0 Å². The molecule has 1 atom stereocenters. The van der Waals surface area contributed by atoms with E-state index in [0.29, 0.717) is 12.3 Å². The Balaban J connectivity index is 1.71. The van der Waals surface area contributed by atoms with E-state index < -0.39 is 5.41 Å². The number of hydrogen-bond acceptors (Lipinski definition) is 5. The lowest BCUT2D eigenvalue weighted by molar-refractivity contribution is -0.153. The number of aliphatic hydroxyl groups excluding tert-OH is 1. The van der Waals surface area contributed by atoms with Gasteiger partial charge in [0.2, 0.25) is 0 Å². The molecule has 2 rings (SSSR count). The standard InChI is InChI=1S/C23H38O5/c1-17-4-8-19(9-5-17)12-21(25)27-15-23(3,14-24)16-28-22(26)13-20-10-6-18(2)7-11-20/h12,17-18,20,24H,4-11,13-16H2,1-3H3. The first-order valence-electron chi connectivity index (χ1n) is 10.9. The summed E-state index contributed by atoms with van der Waals surface area (Å²) >= 11 is 0. The molecule has 0 spiro atoms. The molecule has 0 bridgehead atoms. The minimum absolute atomic E-state index is 0.0384. The van der Waals surface area contributed by atoms with E-state index in [1.165, 1.54) is 12.8 Å². The fourth-order valence-electron chi connectivity index (χ4n) is 3.95. The lowest BCUT2D eigenvalue weighted by Crippen LogP contribution is -2.35. The van der Waals surface area contributed by atoms with Crippen LogP contribution < -0.4 is 0 Å². The van der Waals surface area contributed by atoms with Crippen molar-refractivity contribution in [1.82, 2.24) is 0 Å². The average Bonchev–Trinajstić information content (AvgIpc) is 2.68. The maximum atomic E-state index is 12.2. The number of ether oxygens (including phenoxy) is 2. The molecule has 0 aliphatic heterocycles. The van der Waals surface area contributed by atoms with Gasteiger partial charge in [-0.1, -0.05) is 39.2 Å². The second-order valence-electron chi connectivity index (χ2n) is 9.55. The van der Waals surface area contributed by atoms with E-state index in [9.17, 15) is 14.7 Å². The van der Waals surface area contributed by atoms with Crippen LogP contribution in [-0.2, 0) is 19.1 Å². The van der Waals surface area contributed by atoms with E-state index >= 15 is 0 Å². The lowest BCUT2D eigenvalue weighted by Gasteiger charge is -2.28. The largest absolute Gasteiger partial charge is 0.465 e. The molecule has 1 unspecified atom stereocenters. The quantitative estimate of drug-likeness (QED) is 0.487. The molecule has 2 fully saturated rings. The van der Waals surface area contributed by atoms with Gasteiger partial charge in [-0.25, -0.2) is 4.79 Å². The zero-order chi connectivity index (χ0) is 20.6. The summed E-state index contributed by atoms with van der Waals surface area (Å²) in [7, 11) is 0. The molecule has 2 aliphatic rings. The minimum Gasteiger partial charge on any atom is -0.465 e. The highest BCUT2D eigenvalue weighted by Crippen LogP contribution is 2.31. The van der Waals surface area contributed by atoms with E-state index in [1.54, 1.807) is 13.0 Å². The third-order valence-corrected chi connectivity index (χ3v) is 6.36. The summed E-state index contributed by atoms with van der Waals surface area (Å²) < 4.78 is 10.8. The van der Waals surface area contributed by atoms with Crippen LogP contribution in [0.4, 0.5) is 0 Å². The van der Waals surface area contributed by atoms with Crippen molar-refractivity contribution < 1.29 is 24.2 Å². The Morgan fingerprint density at radius 3 is 2.18 bits per heavy atom. The SMILES string of the molecule is CC1CCC(=CC(=O)OCC(C)(CO)COC(=O)CC2CCC(C)CC2)CC1. The molecule has 0 heterocycles. The highest BCUT2D eigenvalue weighted by molar-refractivity contribution is 5.82. The van der Waals surface area contributed by atoms with Crippen molar-refractivity contribution in [3.8, 4) is 0 Å². The summed E-state index contributed by atoms with van der Waals surface area (Å²) in [5.41, 5.74) is 0.369. The van der Waals surface area contributed by atoms with Gasteiger partial charge in [0, 0.05) is 12.5 Å². The van der Waals surface area contributed by atoms with Crippen molar-refractivity contribution in [3.63, 3.8) is 0 Å². The second-order valence-corrected chi connectivity index (χ2v) is 9.55. The van der Waals surface area contributed by atoms with Crippen molar-refractivity contribution in [2.75, 3.05) is 19.8 Å². The molecule has 2 aliphatic carbocycles. The van der Waals surface area contributed by atoms with Crippen molar-refractivity contribution in [3.05, 3.63) is 11.6 Å². The Hall–Kier alpha value is -1.36. The van der Waals surface area contributed by atoms with Gasteiger partial charge in [-0.15, -0.1) is 0 Å². The second kappa shape index (κ2) is 11.0. The Morgan fingerprint density at radius 2 is 1.57 bits per heavy atom. The van der Waals surface area contributed by atoms with Crippen molar-refractivity contribution >= 4 is 11.9 Å². The highest BCUT2D eigenvalue weighted by Gasteiger charge is 2.29. The molecule has 0 amide bonds. The summed E-state index contributed by atoms with van der Waals surface area (Å²) in [5, 5.41) is 9.71. The molecular formula is C23H38O5. The zero-order valence-electron chi connectivity index (χ0n) is 17.9. The molecule has 0 aromatic rings.